The van der Waals surface area contributed by atoms with Gasteiger partial charge in [-0.1, -0.05) is 32.4 Å². The molecule has 6 heteroatoms. The second-order valence-corrected chi connectivity index (χ2v) is 6.28. The average Bonchev–Trinajstić information content (AvgIpc) is 2.51. The summed E-state index contributed by atoms with van der Waals surface area (Å²) in [6.45, 7) is 7.12. The van der Waals surface area contributed by atoms with E-state index in [1.807, 2.05) is 6.92 Å². The predicted molar refractivity (Wildman–Crippen MR) is 93.6 cm³/mol. The van der Waals surface area contributed by atoms with Gasteiger partial charge in [-0.15, -0.1) is 0 Å². The summed E-state index contributed by atoms with van der Waals surface area (Å²) in [6, 6.07) is 3.16. The van der Waals surface area contributed by atoms with Gasteiger partial charge in [0.15, 0.2) is 11.5 Å². The molecule has 0 aliphatic carbocycles. The maximum atomic E-state index is 12.4. The van der Waals surface area contributed by atoms with E-state index >= 15 is 0 Å². The van der Waals surface area contributed by atoms with E-state index in [0.717, 1.165) is 12.8 Å². The third-order valence-electron chi connectivity index (χ3n) is 3.32. The van der Waals surface area contributed by atoms with Crippen molar-refractivity contribution in [3.05, 3.63) is 22.7 Å². The second kappa shape index (κ2) is 9.63. The minimum Gasteiger partial charge on any atom is -0.493 e. The fourth-order valence-electron chi connectivity index (χ4n) is 2.25. The molecule has 5 nitrogen and oxygen atoms in total. The van der Waals surface area contributed by atoms with E-state index in [-0.39, 0.29) is 11.9 Å². The lowest BCUT2D eigenvalue weighted by atomic mass is 10.0. The molecule has 0 heterocycles. The highest BCUT2D eigenvalue weighted by atomic mass is 35.5. The molecule has 0 bridgehead atoms. The lowest BCUT2D eigenvalue weighted by molar-refractivity contribution is 0.0933. The lowest BCUT2D eigenvalue weighted by Gasteiger charge is -2.19. The molecule has 0 saturated heterocycles. The standard InChI is InChI=1S/C17H27ClN2O3/c1-5-6-23-16-14(18)8-12(9-15(16)22-4)17(21)20-13(10-19)7-11(2)3/h8-9,11,13H,5-7,10,19H2,1-4H3,(H,20,21). The smallest absolute Gasteiger partial charge is 0.251 e. The number of hydrogen-bond donors (Lipinski definition) is 2. The number of nitrogens with one attached hydrogen (secondary N) is 1. The zero-order chi connectivity index (χ0) is 17.4. The summed E-state index contributed by atoms with van der Waals surface area (Å²) >= 11 is 6.24. The van der Waals surface area contributed by atoms with Gasteiger partial charge in [0, 0.05) is 18.2 Å². The Balaban J connectivity index is 2.94. The van der Waals surface area contributed by atoms with Crippen molar-refractivity contribution in [1.29, 1.82) is 0 Å². The molecule has 1 rings (SSSR count). The highest BCUT2D eigenvalue weighted by Crippen LogP contribution is 2.36. The second-order valence-electron chi connectivity index (χ2n) is 5.87. The minimum absolute atomic E-state index is 0.0664. The van der Waals surface area contributed by atoms with E-state index < -0.39 is 0 Å². The van der Waals surface area contributed by atoms with Crippen molar-refractivity contribution < 1.29 is 14.3 Å². The molecule has 0 saturated carbocycles. The van der Waals surface area contributed by atoms with Gasteiger partial charge < -0.3 is 20.5 Å². The molecule has 130 valence electrons. The quantitative estimate of drug-likeness (QED) is 0.722. The van der Waals surface area contributed by atoms with E-state index in [0.29, 0.717) is 41.2 Å². The number of amides is 1. The summed E-state index contributed by atoms with van der Waals surface area (Å²) in [6.07, 6.45) is 1.68. The highest BCUT2D eigenvalue weighted by molar-refractivity contribution is 6.32. The number of hydrogen-bond acceptors (Lipinski definition) is 4. The van der Waals surface area contributed by atoms with Crippen LogP contribution in [-0.4, -0.2) is 32.2 Å². The maximum absolute atomic E-state index is 12.4. The molecule has 0 radical (unpaired) electrons. The van der Waals surface area contributed by atoms with E-state index in [9.17, 15) is 4.79 Å². The number of carbonyl (C=O) groups is 1. The molecule has 3 N–H and O–H groups in total. The van der Waals surface area contributed by atoms with Crippen molar-refractivity contribution in [2.45, 2.75) is 39.7 Å². The lowest BCUT2D eigenvalue weighted by Crippen LogP contribution is -2.41. The fourth-order valence-corrected chi connectivity index (χ4v) is 2.51. The summed E-state index contributed by atoms with van der Waals surface area (Å²) in [4.78, 5) is 12.4. The van der Waals surface area contributed by atoms with Crippen LogP contribution in [0.15, 0.2) is 12.1 Å². The largest absolute Gasteiger partial charge is 0.493 e. The monoisotopic (exact) mass is 342 g/mol. The Morgan fingerprint density at radius 3 is 2.61 bits per heavy atom. The maximum Gasteiger partial charge on any atom is 0.251 e. The highest BCUT2D eigenvalue weighted by Gasteiger charge is 2.18. The van der Waals surface area contributed by atoms with Crippen molar-refractivity contribution in [3.8, 4) is 11.5 Å². The topological polar surface area (TPSA) is 73.6 Å². The van der Waals surface area contributed by atoms with E-state index in [2.05, 4.69) is 19.2 Å². The minimum atomic E-state index is -0.219. The zero-order valence-electron chi connectivity index (χ0n) is 14.3. The van der Waals surface area contributed by atoms with Crippen LogP contribution in [0, 0.1) is 5.92 Å². The van der Waals surface area contributed by atoms with Crippen LogP contribution >= 0.6 is 11.6 Å². The molecule has 0 aliphatic rings. The molecular weight excluding hydrogens is 316 g/mol. The van der Waals surface area contributed by atoms with Crippen LogP contribution < -0.4 is 20.5 Å². The summed E-state index contributed by atoms with van der Waals surface area (Å²) in [5.41, 5.74) is 6.16. The van der Waals surface area contributed by atoms with Crippen LogP contribution in [0.25, 0.3) is 0 Å². The Kier molecular flexibility index (Phi) is 8.20. The third-order valence-corrected chi connectivity index (χ3v) is 3.60. The summed E-state index contributed by atoms with van der Waals surface area (Å²) < 4.78 is 10.9. The van der Waals surface area contributed by atoms with Crippen LogP contribution in [0.5, 0.6) is 11.5 Å². The van der Waals surface area contributed by atoms with Crippen LogP contribution in [0.1, 0.15) is 44.0 Å². The molecule has 0 spiro atoms. The van der Waals surface area contributed by atoms with Gasteiger partial charge in [-0.05, 0) is 30.9 Å². The first-order chi connectivity index (χ1) is 10.9. The van der Waals surface area contributed by atoms with Gasteiger partial charge in [0.05, 0.1) is 18.7 Å². The van der Waals surface area contributed by atoms with Gasteiger partial charge in [0.25, 0.3) is 5.91 Å². The van der Waals surface area contributed by atoms with Crippen molar-refractivity contribution in [1.82, 2.24) is 5.32 Å². The first-order valence-corrected chi connectivity index (χ1v) is 8.31. The number of carbonyl (C=O) groups excluding carboxylic acids is 1. The number of benzene rings is 1. The van der Waals surface area contributed by atoms with Gasteiger partial charge in [-0.2, -0.15) is 0 Å². The number of methoxy groups -OCH3 is 1. The van der Waals surface area contributed by atoms with Crippen molar-refractivity contribution in [2.75, 3.05) is 20.3 Å². The molecule has 0 aromatic heterocycles. The van der Waals surface area contributed by atoms with Gasteiger partial charge in [0.1, 0.15) is 0 Å². The normalized spacial score (nSPS) is 12.1. The molecule has 23 heavy (non-hydrogen) atoms. The molecule has 0 aliphatic heterocycles. The van der Waals surface area contributed by atoms with Crippen molar-refractivity contribution in [3.63, 3.8) is 0 Å². The van der Waals surface area contributed by atoms with E-state index in [1.165, 1.54) is 7.11 Å². The average molecular weight is 343 g/mol. The Labute approximate surface area is 143 Å². The summed E-state index contributed by atoms with van der Waals surface area (Å²) in [5.74, 6) is 1.14. The SMILES string of the molecule is CCCOc1c(Cl)cc(C(=O)NC(CN)CC(C)C)cc1OC. The molecule has 1 amide bonds. The molecule has 1 aromatic rings. The fraction of sp³-hybridized carbons (Fsp3) is 0.588. The summed E-state index contributed by atoms with van der Waals surface area (Å²) in [5, 5.41) is 3.29. The van der Waals surface area contributed by atoms with Gasteiger partial charge in [-0.25, -0.2) is 0 Å². The summed E-state index contributed by atoms with van der Waals surface area (Å²) in [7, 11) is 1.52. The first-order valence-electron chi connectivity index (χ1n) is 7.94. The molecule has 1 unspecified atom stereocenters. The molecule has 1 aromatic carbocycles. The Bertz CT molecular complexity index is 521. The van der Waals surface area contributed by atoms with Gasteiger partial charge in [-0.3, -0.25) is 4.79 Å². The predicted octanol–water partition coefficient (Wildman–Crippen LogP) is 3.24. The molecule has 1 atom stereocenters. The first kappa shape index (κ1) is 19.6. The Morgan fingerprint density at radius 1 is 1.39 bits per heavy atom. The van der Waals surface area contributed by atoms with Crippen molar-refractivity contribution >= 4 is 17.5 Å². The number of ether oxygens (including phenoxy) is 2. The Hall–Kier alpha value is -1.46. The van der Waals surface area contributed by atoms with Crippen molar-refractivity contribution in [2.24, 2.45) is 11.7 Å². The van der Waals surface area contributed by atoms with Gasteiger partial charge >= 0.3 is 0 Å². The van der Waals surface area contributed by atoms with Crippen LogP contribution in [-0.2, 0) is 0 Å². The van der Waals surface area contributed by atoms with Crippen LogP contribution in [0.3, 0.4) is 0 Å². The third kappa shape index (κ3) is 5.92. The number of nitrogens with two attached hydrogens (primary N) is 1. The van der Waals surface area contributed by atoms with E-state index in [4.69, 9.17) is 26.8 Å². The van der Waals surface area contributed by atoms with Gasteiger partial charge in [0.2, 0.25) is 0 Å². The Morgan fingerprint density at radius 2 is 2.09 bits per heavy atom. The zero-order valence-corrected chi connectivity index (χ0v) is 15.1. The number of rotatable bonds is 9. The molecule has 0 fully saturated rings. The van der Waals surface area contributed by atoms with Crippen LogP contribution in [0.2, 0.25) is 5.02 Å². The van der Waals surface area contributed by atoms with E-state index in [1.54, 1.807) is 12.1 Å². The number of halogens is 1. The molecular formula is C17H27ClN2O3. The van der Waals surface area contributed by atoms with Crippen LogP contribution in [0.4, 0.5) is 0 Å².